The molecule has 3 rings (SSSR count). The number of hydrogen-bond acceptors (Lipinski definition) is 2. The lowest BCUT2D eigenvalue weighted by atomic mass is 10.2. The fraction of sp³-hybridized carbons (Fsp3) is 0. The highest BCUT2D eigenvalue weighted by molar-refractivity contribution is 6.31. The molecule has 0 atom stereocenters. The van der Waals surface area contributed by atoms with E-state index in [0.29, 0.717) is 16.4 Å². The molecule has 1 aromatic heterocycles. The van der Waals surface area contributed by atoms with Gasteiger partial charge in [-0.1, -0.05) is 29.8 Å². The Morgan fingerprint density at radius 2 is 2.00 bits per heavy atom. The number of halogens is 1. The molecule has 0 bridgehead atoms. The maximum atomic E-state index is 12.1. The molecule has 94 valence electrons. The Kier molecular flexibility index (Phi) is 2.93. The highest BCUT2D eigenvalue weighted by Crippen LogP contribution is 2.20. The van der Waals surface area contributed by atoms with Crippen LogP contribution in [0.5, 0.6) is 0 Å². The Labute approximate surface area is 114 Å². The summed E-state index contributed by atoms with van der Waals surface area (Å²) in [4.78, 5) is 12.1. The number of nitrogens with one attached hydrogen (secondary N) is 2. The molecule has 0 spiro atoms. The lowest BCUT2D eigenvalue weighted by Crippen LogP contribution is -2.12. The van der Waals surface area contributed by atoms with Crippen molar-refractivity contribution in [2.45, 2.75) is 0 Å². The molecule has 1 heterocycles. The van der Waals surface area contributed by atoms with Gasteiger partial charge in [-0.25, -0.2) is 0 Å². The molecule has 0 radical (unpaired) electrons. The summed E-state index contributed by atoms with van der Waals surface area (Å²) >= 11 is 5.86. The Morgan fingerprint density at radius 1 is 1.16 bits per heavy atom. The molecule has 0 saturated carbocycles. The van der Waals surface area contributed by atoms with E-state index in [-0.39, 0.29) is 5.91 Å². The van der Waals surface area contributed by atoms with E-state index < -0.39 is 0 Å². The smallest absolute Gasteiger partial charge is 0.256 e. The molecule has 2 N–H and O–H groups in total. The highest BCUT2D eigenvalue weighted by Gasteiger charge is 2.10. The first-order valence-electron chi connectivity index (χ1n) is 5.74. The fourth-order valence-corrected chi connectivity index (χ4v) is 2.06. The van der Waals surface area contributed by atoms with Gasteiger partial charge in [-0.05, 0) is 30.3 Å². The predicted molar refractivity (Wildman–Crippen MR) is 75.5 cm³/mol. The first-order chi connectivity index (χ1) is 9.24. The van der Waals surface area contributed by atoms with E-state index in [9.17, 15) is 4.79 Å². The van der Waals surface area contributed by atoms with E-state index in [0.717, 1.165) is 10.9 Å². The number of amides is 1. The summed E-state index contributed by atoms with van der Waals surface area (Å²) in [6.07, 6.45) is 0. The topological polar surface area (TPSA) is 57.8 Å². The molecule has 0 fully saturated rings. The average molecular weight is 272 g/mol. The second kappa shape index (κ2) is 4.74. The number of carbonyl (C=O) groups is 1. The van der Waals surface area contributed by atoms with Crippen LogP contribution in [0.4, 0.5) is 5.82 Å². The lowest BCUT2D eigenvalue weighted by Gasteiger charge is -2.02. The summed E-state index contributed by atoms with van der Waals surface area (Å²) in [5, 5.41) is 11.1. The molecule has 0 aliphatic rings. The molecule has 1 amide bonds. The van der Waals surface area contributed by atoms with Crippen molar-refractivity contribution < 1.29 is 4.79 Å². The summed E-state index contributed by atoms with van der Waals surface area (Å²) < 4.78 is 0. The number of anilines is 1. The molecule has 19 heavy (non-hydrogen) atoms. The molecule has 0 unspecified atom stereocenters. The van der Waals surface area contributed by atoms with Crippen LogP contribution in [0.3, 0.4) is 0 Å². The van der Waals surface area contributed by atoms with Crippen molar-refractivity contribution in [2.24, 2.45) is 0 Å². The predicted octanol–water partition coefficient (Wildman–Crippen LogP) is 3.47. The second-order valence-corrected chi connectivity index (χ2v) is 4.52. The number of benzene rings is 2. The van der Waals surface area contributed by atoms with Crippen molar-refractivity contribution in [3.63, 3.8) is 0 Å². The van der Waals surface area contributed by atoms with Gasteiger partial charge in [0.05, 0.1) is 5.52 Å². The minimum atomic E-state index is -0.236. The van der Waals surface area contributed by atoms with Crippen LogP contribution < -0.4 is 5.32 Å². The molecular weight excluding hydrogens is 262 g/mol. The molecular formula is C14H10ClN3O. The van der Waals surface area contributed by atoms with Gasteiger partial charge in [0.15, 0.2) is 5.82 Å². The van der Waals surface area contributed by atoms with Crippen LogP contribution in [-0.4, -0.2) is 16.1 Å². The van der Waals surface area contributed by atoms with Gasteiger partial charge in [-0.2, -0.15) is 5.10 Å². The number of nitrogens with zero attached hydrogens (tertiary/aromatic N) is 1. The van der Waals surface area contributed by atoms with Gasteiger partial charge in [0.2, 0.25) is 0 Å². The zero-order valence-electron chi connectivity index (χ0n) is 9.85. The number of aromatic amines is 1. The van der Waals surface area contributed by atoms with Crippen LogP contribution in [0.2, 0.25) is 5.02 Å². The number of hydrogen-bond donors (Lipinski definition) is 2. The Bertz CT molecular complexity index is 751. The fourth-order valence-electron chi connectivity index (χ4n) is 1.87. The molecule has 4 nitrogen and oxygen atoms in total. The van der Waals surface area contributed by atoms with Crippen LogP contribution in [0.15, 0.2) is 48.5 Å². The van der Waals surface area contributed by atoms with E-state index >= 15 is 0 Å². The summed E-state index contributed by atoms with van der Waals surface area (Å²) in [5.74, 6) is 0.278. The normalized spacial score (nSPS) is 10.6. The number of carbonyl (C=O) groups excluding carboxylic acids is 1. The third kappa shape index (κ3) is 2.30. The van der Waals surface area contributed by atoms with Crippen molar-refractivity contribution in [1.82, 2.24) is 10.2 Å². The second-order valence-electron chi connectivity index (χ2n) is 4.08. The van der Waals surface area contributed by atoms with Gasteiger partial charge in [0.1, 0.15) is 0 Å². The molecule has 0 aliphatic heterocycles. The Balaban J connectivity index is 1.91. The largest absolute Gasteiger partial charge is 0.305 e. The molecule has 0 saturated heterocycles. The van der Waals surface area contributed by atoms with Crippen LogP contribution in [0.1, 0.15) is 10.4 Å². The van der Waals surface area contributed by atoms with Gasteiger partial charge in [-0.3, -0.25) is 9.89 Å². The number of rotatable bonds is 2. The van der Waals surface area contributed by atoms with Crippen molar-refractivity contribution in [3.8, 4) is 0 Å². The summed E-state index contributed by atoms with van der Waals surface area (Å²) in [6, 6.07) is 14.4. The SMILES string of the molecule is O=C(Nc1n[nH]c2ccccc12)c1cccc(Cl)c1. The van der Waals surface area contributed by atoms with Crippen molar-refractivity contribution in [2.75, 3.05) is 5.32 Å². The first kappa shape index (κ1) is 11.7. The maximum absolute atomic E-state index is 12.1. The minimum absolute atomic E-state index is 0.236. The summed E-state index contributed by atoms with van der Waals surface area (Å²) in [7, 11) is 0. The monoisotopic (exact) mass is 271 g/mol. The Hall–Kier alpha value is -2.33. The van der Waals surface area contributed by atoms with Gasteiger partial charge in [0, 0.05) is 16.0 Å². The standard InChI is InChI=1S/C14H10ClN3O/c15-10-5-3-4-9(8-10)14(19)16-13-11-6-1-2-7-12(11)17-18-13/h1-8H,(H2,16,17,18,19). The molecule has 3 aromatic rings. The van der Waals surface area contributed by atoms with Crippen molar-refractivity contribution in [3.05, 3.63) is 59.1 Å². The van der Waals surface area contributed by atoms with Gasteiger partial charge in [0.25, 0.3) is 5.91 Å². The number of para-hydroxylation sites is 1. The third-order valence-electron chi connectivity index (χ3n) is 2.79. The van der Waals surface area contributed by atoms with Crippen LogP contribution >= 0.6 is 11.6 Å². The van der Waals surface area contributed by atoms with Crippen LogP contribution in [0.25, 0.3) is 10.9 Å². The first-order valence-corrected chi connectivity index (χ1v) is 6.12. The van der Waals surface area contributed by atoms with E-state index in [1.54, 1.807) is 24.3 Å². The van der Waals surface area contributed by atoms with E-state index in [1.165, 1.54) is 0 Å². The van der Waals surface area contributed by atoms with E-state index in [4.69, 9.17) is 11.6 Å². The number of aromatic nitrogens is 2. The number of H-pyrrole nitrogens is 1. The quantitative estimate of drug-likeness (QED) is 0.750. The highest BCUT2D eigenvalue weighted by atomic mass is 35.5. The number of fused-ring (bicyclic) bond motifs is 1. The van der Waals surface area contributed by atoms with Crippen LogP contribution in [-0.2, 0) is 0 Å². The Morgan fingerprint density at radius 3 is 2.84 bits per heavy atom. The maximum Gasteiger partial charge on any atom is 0.256 e. The van der Waals surface area contributed by atoms with Gasteiger partial charge in [-0.15, -0.1) is 0 Å². The van der Waals surface area contributed by atoms with E-state index in [2.05, 4.69) is 15.5 Å². The zero-order valence-corrected chi connectivity index (χ0v) is 10.6. The van der Waals surface area contributed by atoms with Crippen LogP contribution in [0, 0.1) is 0 Å². The van der Waals surface area contributed by atoms with Crippen molar-refractivity contribution >= 4 is 34.2 Å². The van der Waals surface area contributed by atoms with Gasteiger partial charge >= 0.3 is 0 Å². The minimum Gasteiger partial charge on any atom is -0.305 e. The zero-order chi connectivity index (χ0) is 13.2. The summed E-state index contributed by atoms with van der Waals surface area (Å²) in [6.45, 7) is 0. The average Bonchev–Trinajstić information content (AvgIpc) is 2.82. The van der Waals surface area contributed by atoms with E-state index in [1.807, 2.05) is 24.3 Å². The molecule has 2 aromatic carbocycles. The molecule has 5 heteroatoms. The lowest BCUT2D eigenvalue weighted by molar-refractivity contribution is 0.102. The molecule has 0 aliphatic carbocycles. The summed E-state index contributed by atoms with van der Waals surface area (Å²) in [5.41, 5.74) is 1.38. The third-order valence-corrected chi connectivity index (χ3v) is 3.02. The van der Waals surface area contributed by atoms with Crippen molar-refractivity contribution in [1.29, 1.82) is 0 Å². The van der Waals surface area contributed by atoms with Gasteiger partial charge < -0.3 is 5.32 Å².